The average Bonchev–Trinajstić information content (AvgIpc) is 3.00. The van der Waals surface area contributed by atoms with Crippen molar-refractivity contribution in [3.8, 4) is 11.3 Å². The van der Waals surface area contributed by atoms with Crippen molar-refractivity contribution < 1.29 is 19.5 Å². The Labute approximate surface area is 189 Å². The summed E-state index contributed by atoms with van der Waals surface area (Å²) < 4.78 is 0.493. The molecule has 3 rings (SSSR count). The van der Waals surface area contributed by atoms with Crippen molar-refractivity contribution in [2.24, 2.45) is 5.73 Å². The van der Waals surface area contributed by atoms with Gasteiger partial charge in [-0.25, -0.2) is 4.98 Å². The molecule has 0 saturated carbocycles. The zero-order valence-corrected chi connectivity index (χ0v) is 18.2. The quantitative estimate of drug-likeness (QED) is 0.337. The van der Waals surface area contributed by atoms with Crippen LogP contribution in [0, 0.1) is 0 Å². The lowest BCUT2D eigenvalue weighted by Gasteiger charge is -2.13. The number of nitrogens with zero attached hydrogens (tertiary/aromatic N) is 2. The summed E-state index contributed by atoms with van der Waals surface area (Å²) in [6, 6.07) is 12.3. The molecular formula is C22H21N3O4S2. The molecule has 9 heteroatoms. The number of carboxylic acids is 1. The molecule has 0 aliphatic carbocycles. The molecule has 0 radical (unpaired) electrons. The molecule has 31 heavy (non-hydrogen) atoms. The molecule has 0 unspecified atom stereocenters. The maximum absolute atomic E-state index is 12.7. The van der Waals surface area contributed by atoms with Crippen molar-refractivity contribution in [2.75, 3.05) is 6.54 Å². The van der Waals surface area contributed by atoms with E-state index in [2.05, 4.69) is 4.98 Å². The summed E-state index contributed by atoms with van der Waals surface area (Å²) in [4.78, 5) is 41.2. The van der Waals surface area contributed by atoms with E-state index in [0.717, 1.165) is 12.0 Å². The van der Waals surface area contributed by atoms with Crippen LogP contribution in [-0.2, 0) is 9.59 Å². The summed E-state index contributed by atoms with van der Waals surface area (Å²) in [6.45, 7) is 0.474. The van der Waals surface area contributed by atoms with Crippen molar-refractivity contribution in [2.45, 2.75) is 25.7 Å². The number of carboxylic acid groups (broad SMARTS) is 1. The Kier molecular flexibility index (Phi) is 7.54. The van der Waals surface area contributed by atoms with E-state index in [9.17, 15) is 14.4 Å². The summed E-state index contributed by atoms with van der Waals surface area (Å²) in [5.74, 6) is -1.46. The van der Waals surface area contributed by atoms with Gasteiger partial charge in [-0.15, -0.1) is 0 Å². The minimum Gasteiger partial charge on any atom is -0.481 e. The van der Waals surface area contributed by atoms with Gasteiger partial charge in [0.2, 0.25) is 5.91 Å². The van der Waals surface area contributed by atoms with Gasteiger partial charge in [-0.2, -0.15) is 0 Å². The summed E-state index contributed by atoms with van der Waals surface area (Å²) in [5, 5.41) is 8.69. The predicted molar refractivity (Wildman–Crippen MR) is 124 cm³/mol. The Morgan fingerprint density at radius 2 is 1.87 bits per heavy atom. The highest BCUT2D eigenvalue weighted by Crippen LogP contribution is 2.32. The van der Waals surface area contributed by atoms with Crippen LogP contribution in [-0.4, -0.2) is 43.6 Å². The van der Waals surface area contributed by atoms with Crippen LogP contribution in [0.5, 0.6) is 0 Å². The number of aliphatic carboxylic acids is 1. The van der Waals surface area contributed by atoms with Gasteiger partial charge in [-0.05, 0) is 43.2 Å². The van der Waals surface area contributed by atoms with Gasteiger partial charge in [0.1, 0.15) is 4.32 Å². The molecule has 1 aromatic carbocycles. The molecule has 2 aromatic rings. The number of pyridine rings is 1. The fraction of sp³-hybridized carbons (Fsp3) is 0.227. The van der Waals surface area contributed by atoms with Gasteiger partial charge in [0.05, 0.1) is 16.3 Å². The third kappa shape index (κ3) is 5.99. The van der Waals surface area contributed by atoms with Gasteiger partial charge in [0, 0.05) is 24.1 Å². The SMILES string of the molecule is NC(=O)c1ccc(-c2cccc(C=C3SC(=S)N(CCCCCC(=O)O)C3=O)n2)cc1. The Bertz CT molecular complexity index is 1050. The number of amides is 2. The molecular weight excluding hydrogens is 434 g/mol. The number of thiocarbonyl (C=S) groups is 1. The summed E-state index contributed by atoms with van der Waals surface area (Å²) in [6.07, 6.45) is 3.84. The topological polar surface area (TPSA) is 114 Å². The van der Waals surface area contributed by atoms with E-state index in [-0.39, 0.29) is 12.3 Å². The minimum atomic E-state index is -0.813. The van der Waals surface area contributed by atoms with Crippen molar-refractivity contribution in [1.29, 1.82) is 0 Å². The van der Waals surface area contributed by atoms with Crippen molar-refractivity contribution in [3.05, 3.63) is 58.6 Å². The number of primary amides is 1. The first-order valence-corrected chi connectivity index (χ1v) is 10.9. The van der Waals surface area contributed by atoms with E-state index in [0.29, 0.717) is 45.6 Å². The number of benzene rings is 1. The van der Waals surface area contributed by atoms with Gasteiger partial charge in [-0.3, -0.25) is 19.3 Å². The Morgan fingerprint density at radius 1 is 1.13 bits per heavy atom. The molecule has 0 bridgehead atoms. The van der Waals surface area contributed by atoms with Crippen LogP contribution < -0.4 is 5.73 Å². The predicted octanol–water partition coefficient (Wildman–Crippen LogP) is 3.69. The lowest BCUT2D eigenvalue weighted by atomic mass is 10.1. The van der Waals surface area contributed by atoms with Crippen LogP contribution in [0.25, 0.3) is 17.3 Å². The number of hydrogen-bond acceptors (Lipinski definition) is 6. The first-order valence-electron chi connectivity index (χ1n) is 9.69. The molecule has 2 heterocycles. The number of unbranched alkanes of at least 4 members (excludes halogenated alkanes) is 2. The Morgan fingerprint density at radius 3 is 2.55 bits per heavy atom. The van der Waals surface area contributed by atoms with E-state index in [4.69, 9.17) is 23.1 Å². The highest BCUT2D eigenvalue weighted by molar-refractivity contribution is 8.26. The highest BCUT2D eigenvalue weighted by atomic mass is 32.2. The van der Waals surface area contributed by atoms with Gasteiger partial charge in [0.15, 0.2) is 0 Å². The third-order valence-corrected chi connectivity index (χ3v) is 6.04. The molecule has 1 aliphatic heterocycles. The largest absolute Gasteiger partial charge is 0.481 e. The van der Waals surface area contributed by atoms with Gasteiger partial charge in [-0.1, -0.05) is 48.6 Å². The number of hydrogen-bond donors (Lipinski definition) is 2. The van der Waals surface area contributed by atoms with Crippen LogP contribution in [0.2, 0.25) is 0 Å². The maximum atomic E-state index is 12.7. The Hall–Kier alpha value is -3.04. The Balaban J connectivity index is 1.68. The zero-order valence-electron chi connectivity index (χ0n) is 16.6. The van der Waals surface area contributed by atoms with Crippen LogP contribution in [0.4, 0.5) is 0 Å². The lowest BCUT2D eigenvalue weighted by molar-refractivity contribution is -0.137. The first-order chi connectivity index (χ1) is 14.8. The molecule has 0 spiro atoms. The van der Waals surface area contributed by atoms with Gasteiger partial charge < -0.3 is 10.8 Å². The van der Waals surface area contributed by atoms with Crippen LogP contribution >= 0.6 is 24.0 Å². The number of aromatic nitrogens is 1. The molecule has 2 amide bonds. The lowest BCUT2D eigenvalue weighted by Crippen LogP contribution is -2.29. The fourth-order valence-electron chi connectivity index (χ4n) is 3.05. The summed E-state index contributed by atoms with van der Waals surface area (Å²) >= 11 is 6.58. The monoisotopic (exact) mass is 455 g/mol. The smallest absolute Gasteiger partial charge is 0.303 e. The van der Waals surface area contributed by atoms with Gasteiger partial charge in [0.25, 0.3) is 5.91 Å². The van der Waals surface area contributed by atoms with Crippen LogP contribution in [0.1, 0.15) is 41.7 Å². The van der Waals surface area contributed by atoms with Crippen molar-refractivity contribution in [1.82, 2.24) is 9.88 Å². The number of carbonyl (C=O) groups excluding carboxylic acids is 2. The number of carbonyl (C=O) groups is 3. The third-order valence-electron chi connectivity index (χ3n) is 4.66. The van der Waals surface area contributed by atoms with Crippen molar-refractivity contribution >= 4 is 52.2 Å². The van der Waals surface area contributed by atoms with E-state index < -0.39 is 11.9 Å². The molecule has 1 fully saturated rings. The zero-order chi connectivity index (χ0) is 22.4. The van der Waals surface area contributed by atoms with E-state index >= 15 is 0 Å². The molecule has 3 N–H and O–H groups in total. The van der Waals surface area contributed by atoms with E-state index in [1.807, 2.05) is 12.1 Å². The molecule has 1 aliphatic rings. The first kappa shape index (κ1) is 22.6. The second-order valence-corrected chi connectivity index (χ2v) is 8.60. The molecule has 160 valence electrons. The van der Waals surface area contributed by atoms with Crippen LogP contribution in [0.15, 0.2) is 47.4 Å². The normalized spacial score (nSPS) is 15.0. The summed E-state index contributed by atoms with van der Waals surface area (Å²) in [5.41, 5.74) is 7.86. The minimum absolute atomic E-state index is 0.131. The summed E-state index contributed by atoms with van der Waals surface area (Å²) in [7, 11) is 0. The van der Waals surface area contributed by atoms with Gasteiger partial charge >= 0.3 is 5.97 Å². The maximum Gasteiger partial charge on any atom is 0.303 e. The standard InChI is InChI=1S/C22H21N3O4S2/c23-20(28)15-10-8-14(9-11-15)17-6-4-5-16(24-17)13-18-21(29)25(22(30)31-18)12-3-1-2-7-19(26)27/h4-6,8-11,13H,1-3,7,12H2,(H2,23,28)(H,26,27). The molecule has 0 atom stereocenters. The number of thioether (sulfide) groups is 1. The number of rotatable bonds is 9. The van der Waals surface area contributed by atoms with E-state index in [1.165, 1.54) is 11.8 Å². The van der Waals surface area contributed by atoms with Crippen LogP contribution in [0.3, 0.4) is 0 Å². The second kappa shape index (κ2) is 10.3. The van der Waals surface area contributed by atoms with E-state index in [1.54, 1.807) is 41.3 Å². The molecule has 7 nitrogen and oxygen atoms in total. The number of nitrogens with two attached hydrogens (primary N) is 1. The molecule has 1 aromatic heterocycles. The second-order valence-electron chi connectivity index (χ2n) is 6.93. The highest BCUT2D eigenvalue weighted by Gasteiger charge is 2.31. The fourth-order valence-corrected chi connectivity index (χ4v) is 4.34. The average molecular weight is 456 g/mol. The molecule has 1 saturated heterocycles. The van der Waals surface area contributed by atoms with Crippen molar-refractivity contribution in [3.63, 3.8) is 0 Å².